The van der Waals surface area contributed by atoms with Crippen LogP contribution in [0.2, 0.25) is 0 Å². The van der Waals surface area contributed by atoms with Gasteiger partial charge in [-0.1, -0.05) is 32.4 Å². The van der Waals surface area contributed by atoms with Crippen molar-refractivity contribution < 1.29 is 0 Å². The highest BCUT2D eigenvalue weighted by Gasteiger charge is 1.88. The van der Waals surface area contributed by atoms with Crippen molar-refractivity contribution in [1.29, 1.82) is 0 Å². The molecule has 53 valence electrons. The molecule has 0 spiro atoms. The molecule has 0 aromatic rings. The minimum absolute atomic E-state index is 0.772. The lowest BCUT2D eigenvalue weighted by Crippen LogP contribution is -1.83. The van der Waals surface area contributed by atoms with Gasteiger partial charge in [0.25, 0.3) is 0 Å². The first-order chi connectivity index (χ1) is 4.16. The summed E-state index contributed by atoms with van der Waals surface area (Å²) >= 11 is 0. The van der Waals surface area contributed by atoms with Crippen LogP contribution in [0, 0.1) is 12.8 Å². The van der Waals surface area contributed by atoms with Crippen LogP contribution in [0.4, 0.5) is 0 Å². The standard InChI is InChI=1S/C9H17/c1-5-9(4)7-6-8(2)3/h7-8H,4-6H2,1-3H3. The molecular formula is C9H17. The van der Waals surface area contributed by atoms with Gasteiger partial charge in [0.05, 0.1) is 0 Å². The monoisotopic (exact) mass is 125 g/mol. The van der Waals surface area contributed by atoms with Crippen LogP contribution < -0.4 is 0 Å². The molecule has 0 amide bonds. The zero-order valence-electron chi connectivity index (χ0n) is 6.78. The fourth-order valence-corrected chi connectivity index (χ4v) is 0.547. The van der Waals surface area contributed by atoms with Crippen LogP contribution in [0.3, 0.4) is 0 Å². The van der Waals surface area contributed by atoms with E-state index in [0.717, 1.165) is 12.3 Å². The van der Waals surface area contributed by atoms with Gasteiger partial charge in [0.2, 0.25) is 0 Å². The highest BCUT2D eigenvalue weighted by molar-refractivity contribution is 5.04. The summed E-state index contributed by atoms with van der Waals surface area (Å²) in [6.45, 7) is 10.5. The van der Waals surface area contributed by atoms with Gasteiger partial charge in [-0.3, -0.25) is 0 Å². The van der Waals surface area contributed by atoms with Crippen LogP contribution in [0.5, 0.6) is 0 Å². The number of hydrogen-bond donors (Lipinski definition) is 0. The highest BCUT2D eigenvalue weighted by Crippen LogP contribution is 2.05. The van der Waals surface area contributed by atoms with E-state index in [-0.39, 0.29) is 0 Å². The van der Waals surface area contributed by atoms with Gasteiger partial charge >= 0.3 is 0 Å². The van der Waals surface area contributed by atoms with E-state index in [4.69, 9.17) is 0 Å². The van der Waals surface area contributed by atoms with Crippen LogP contribution >= 0.6 is 0 Å². The van der Waals surface area contributed by atoms with E-state index >= 15 is 0 Å². The van der Waals surface area contributed by atoms with Crippen molar-refractivity contribution in [3.05, 3.63) is 18.6 Å². The van der Waals surface area contributed by atoms with Crippen LogP contribution in [-0.2, 0) is 0 Å². The Morgan fingerprint density at radius 2 is 2.11 bits per heavy atom. The Bertz CT molecular complexity index is 88.2. The smallest absolute Gasteiger partial charge is 0.0283 e. The zero-order chi connectivity index (χ0) is 7.28. The second-order valence-corrected chi connectivity index (χ2v) is 2.85. The normalized spacial score (nSPS) is 12.8. The number of rotatable bonds is 3. The van der Waals surface area contributed by atoms with E-state index in [1.165, 1.54) is 12.0 Å². The van der Waals surface area contributed by atoms with Gasteiger partial charge in [-0.05, 0) is 25.7 Å². The Morgan fingerprint density at radius 3 is 2.44 bits per heavy atom. The van der Waals surface area contributed by atoms with Crippen LogP contribution in [-0.4, -0.2) is 0 Å². The second-order valence-electron chi connectivity index (χ2n) is 2.85. The van der Waals surface area contributed by atoms with Crippen molar-refractivity contribution in [1.82, 2.24) is 0 Å². The third kappa shape index (κ3) is 5.61. The van der Waals surface area contributed by atoms with Gasteiger partial charge in [0.1, 0.15) is 0 Å². The number of allylic oxidation sites excluding steroid dienone is 2. The van der Waals surface area contributed by atoms with E-state index in [1.54, 1.807) is 0 Å². The molecule has 0 aliphatic carbocycles. The van der Waals surface area contributed by atoms with Crippen LogP contribution in [0.15, 0.2) is 11.6 Å². The maximum absolute atomic E-state index is 3.89. The predicted octanol–water partition coefficient (Wildman–Crippen LogP) is 3.20. The lowest BCUT2D eigenvalue weighted by molar-refractivity contribution is 0.661. The van der Waals surface area contributed by atoms with Crippen molar-refractivity contribution in [2.24, 2.45) is 5.92 Å². The number of hydrogen-bond acceptors (Lipinski definition) is 0. The first kappa shape index (κ1) is 8.74. The molecule has 0 aliphatic rings. The predicted molar refractivity (Wildman–Crippen MR) is 43.2 cm³/mol. The minimum atomic E-state index is 0.772. The summed E-state index contributed by atoms with van der Waals surface area (Å²) in [6, 6.07) is 0. The summed E-state index contributed by atoms with van der Waals surface area (Å²) < 4.78 is 0. The molecule has 0 unspecified atom stereocenters. The molecule has 0 saturated carbocycles. The van der Waals surface area contributed by atoms with Gasteiger partial charge in [-0.25, -0.2) is 0 Å². The molecule has 0 aromatic carbocycles. The lowest BCUT2D eigenvalue weighted by Gasteiger charge is -1.98. The Morgan fingerprint density at radius 1 is 1.56 bits per heavy atom. The molecule has 0 nitrogen and oxygen atoms in total. The Balaban J connectivity index is 3.43. The van der Waals surface area contributed by atoms with Gasteiger partial charge < -0.3 is 0 Å². The average molecular weight is 125 g/mol. The van der Waals surface area contributed by atoms with Gasteiger partial charge in [-0.2, -0.15) is 0 Å². The molecule has 0 saturated heterocycles. The second kappa shape index (κ2) is 4.60. The zero-order valence-corrected chi connectivity index (χ0v) is 6.78. The summed E-state index contributed by atoms with van der Waals surface area (Å²) in [7, 11) is 0. The van der Waals surface area contributed by atoms with Crippen molar-refractivity contribution in [3.8, 4) is 0 Å². The molecule has 0 atom stereocenters. The van der Waals surface area contributed by atoms with E-state index < -0.39 is 0 Å². The molecule has 0 heteroatoms. The molecule has 0 aromatic heterocycles. The molecule has 0 N–H and O–H groups in total. The molecule has 0 bridgehead atoms. The third-order valence-corrected chi connectivity index (χ3v) is 1.33. The molecule has 0 heterocycles. The molecular weight excluding hydrogens is 108 g/mol. The lowest BCUT2D eigenvalue weighted by atomic mass is 10.1. The average Bonchev–Trinajstić information content (AvgIpc) is 1.83. The molecule has 1 radical (unpaired) electrons. The van der Waals surface area contributed by atoms with Crippen molar-refractivity contribution in [3.63, 3.8) is 0 Å². The molecule has 0 rings (SSSR count). The molecule has 9 heavy (non-hydrogen) atoms. The Hall–Kier alpha value is -0.260. The first-order valence-electron chi connectivity index (χ1n) is 3.67. The highest BCUT2D eigenvalue weighted by atomic mass is 13.9. The van der Waals surface area contributed by atoms with Crippen LogP contribution in [0.25, 0.3) is 0 Å². The summed E-state index contributed by atoms with van der Waals surface area (Å²) in [5.41, 5.74) is 1.27. The molecule has 0 aliphatic heterocycles. The maximum atomic E-state index is 3.89. The fraction of sp³-hybridized carbons (Fsp3) is 0.667. The summed E-state index contributed by atoms with van der Waals surface area (Å²) in [4.78, 5) is 0. The van der Waals surface area contributed by atoms with Gasteiger partial charge in [0, 0.05) is 0 Å². The third-order valence-electron chi connectivity index (χ3n) is 1.33. The Kier molecular flexibility index (Phi) is 4.47. The largest absolute Gasteiger partial charge is 0.0851 e. The SMILES string of the molecule is [CH2]C(=CCC(C)C)CC. The summed E-state index contributed by atoms with van der Waals surface area (Å²) in [5, 5.41) is 0. The van der Waals surface area contributed by atoms with Gasteiger partial charge in [0.15, 0.2) is 0 Å². The maximum Gasteiger partial charge on any atom is -0.0283 e. The quantitative estimate of drug-likeness (QED) is 0.543. The Labute approximate surface area is 59.0 Å². The summed E-state index contributed by atoms with van der Waals surface area (Å²) in [5.74, 6) is 0.772. The van der Waals surface area contributed by atoms with E-state index in [1.807, 2.05) is 0 Å². The van der Waals surface area contributed by atoms with Crippen LogP contribution in [0.1, 0.15) is 33.6 Å². The minimum Gasteiger partial charge on any atom is -0.0851 e. The first-order valence-corrected chi connectivity index (χ1v) is 3.67. The molecule has 0 fully saturated rings. The topological polar surface area (TPSA) is 0 Å². The fourth-order valence-electron chi connectivity index (χ4n) is 0.547. The summed E-state index contributed by atoms with van der Waals surface area (Å²) in [6.07, 6.45) is 4.49. The van der Waals surface area contributed by atoms with E-state index in [2.05, 4.69) is 33.8 Å². The van der Waals surface area contributed by atoms with E-state index in [9.17, 15) is 0 Å². The van der Waals surface area contributed by atoms with Crippen molar-refractivity contribution in [2.45, 2.75) is 33.6 Å². The van der Waals surface area contributed by atoms with Crippen molar-refractivity contribution >= 4 is 0 Å². The van der Waals surface area contributed by atoms with Crippen molar-refractivity contribution in [2.75, 3.05) is 0 Å². The van der Waals surface area contributed by atoms with E-state index in [0.29, 0.717) is 0 Å². The van der Waals surface area contributed by atoms with Gasteiger partial charge in [-0.15, -0.1) is 0 Å².